The second-order valence-corrected chi connectivity index (χ2v) is 5.66. The molecule has 1 aromatic heterocycles. The van der Waals surface area contributed by atoms with Gasteiger partial charge in [-0.05, 0) is 25.0 Å². The van der Waals surface area contributed by atoms with Gasteiger partial charge in [-0.1, -0.05) is 26.0 Å². The van der Waals surface area contributed by atoms with Crippen LogP contribution in [0.2, 0.25) is 0 Å². The van der Waals surface area contributed by atoms with E-state index < -0.39 is 0 Å². The topological polar surface area (TPSA) is 39.1 Å². The highest BCUT2D eigenvalue weighted by Crippen LogP contribution is 2.18. The molecule has 110 valence electrons. The maximum absolute atomic E-state index is 5.58. The van der Waals surface area contributed by atoms with Crippen LogP contribution in [0.25, 0.3) is 11.0 Å². The third-order valence-corrected chi connectivity index (χ3v) is 3.36. The van der Waals surface area contributed by atoms with Crippen LogP contribution >= 0.6 is 0 Å². The molecular formula is C16H25N3O. The van der Waals surface area contributed by atoms with E-state index in [9.17, 15) is 0 Å². The monoisotopic (exact) mass is 275 g/mol. The van der Waals surface area contributed by atoms with Crippen LogP contribution in [-0.4, -0.2) is 29.3 Å². The maximum Gasteiger partial charge on any atom is 0.126 e. The van der Waals surface area contributed by atoms with Gasteiger partial charge in [0.05, 0.1) is 23.7 Å². The zero-order valence-electron chi connectivity index (χ0n) is 12.9. The molecule has 0 aliphatic rings. The van der Waals surface area contributed by atoms with Crippen LogP contribution in [0.3, 0.4) is 0 Å². The van der Waals surface area contributed by atoms with E-state index in [0.29, 0.717) is 5.92 Å². The molecule has 0 fully saturated rings. The molecule has 0 spiro atoms. The molecule has 0 saturated heterocycles. The SMILES string of the molecule is CC(C)COCCNC(C)c1nc2ccccc2n1C. The van der Waals surface area contributed by atoms with E-state index in [-0.39, 0.29) is 6.04 Å². The van der Waals surface area contributed by atoms with Crippen molar-refractivity contribution < 1.29 is 4.74 Å². The Morgan fingerprint density at radius 2 is 2.00 bits per heavy atom. The van der Waals surface area contributed by atoms with Crippen LogP contribution in [0.4, 0.5) is 0 Å². The van der Waals surface area contributed by atoms with Crippen LogP contribution in [0.15, 0.2) is 24.3 Å². The van der Waals surface area contributed by atoms with Gasteiger partial charge < -0.3 is 14.6 Å². The van der Waals surface area contributed by atoms with Gasteiger partial charge in [0, 0.05) is 20.2 Å². The van der Waals surface area contributed by atoms with Gasteiger partial charge in [0.15, 0.2) is 0 Å². The Morgan fingerprint density at radius 3 is 2.70 bits per heavy atom. The summed E-state index contributed by atoms with van der Waals surface area (Å²) in [6.45, 7) is 8.88. The lowest BCUT2D eigenvalue weighted by Gasteiger charge is -2.14. The van der Waals surface area contributed by atoms with Crippen molar-refractivity contribution in [2.45, 2.75) is 26.8 Å². The van der Waals surface area contributed by atoms with E-state index in [2.05, 4.69) is 49.8 Å². The highest BCUT2D eigenvalue weighted by atomic mass is 16.5. The second kappa shape index (κ2) is 6.86. The average molecular weight is 275 g/mol. The molecule has 4 nitrogen and oxygen atoms in total. The lowest BCUT2D eigenvalue weighted by Crippen LogP contribution is -2.25. The number of para-hydroxylation sites is 2. The van der Waals surface area contributed by atoms with Crippen molar-refractivity contribution in [1.29, 1.82) is 0 Å². The minimum Gasteiger partial charge on any atom is -0.380 e. The van der Waals surface area contributed by atoms with Gasteiger partial charge >= 0.3 is 0 Å². The fraction of sp³-hybridized carbons (Fsp3) is 0.562. The van der Waals surface area contributed by atoms with Gasteiger partial charge in [0.2, 0.25) is 0 Å². The first kappa shape index (κ1) is 15.0. The Bertz CT molecular complexity index is 548. The molecule has 1 unspecified atom stereocenters. The van der Waals surface area contributed by atoms with E-state index in [4.69, 9.17) is 9.72 Å². The number of aromatic nitrogens is 2. The average Bonchev–Trinajstić information content (AvgIpc) is 2.76. The van der Waals surface area contributed by atoms with Crippen LogP contribution in [0, 0.1) is 5.92 Å². The summed E-state index contributed by atoms with van der Waals surface area (Å²) in [4.78, 5) is 4.70. The molecule has 1 aromatic carbocycles. The minimum absolute atomic E-state index is 0.218. The van der Waals surface area contributed by atoms with E-state index in [1.807, 2.05) is 12.1 Å². The highest BCUT2D eigenvalue weighted by molar-refractivity contribution is 5.75. The molecule has 0 aliphatic carbocycles. The molecule has 0 radical (unpaired) electrons. The fourth-order valence-corrected chi connectivity index (χ4v) is 2.31. The van der Waals surface area contributed by atoms with Crippen LogP contribution in [-0.2, 0) is 11.8 Å². The molecule has 1 N–H and O–H groups in total. The Labute approximate surface area is 121 Å². The molecule has 0 amide bonds. The molecule has 2 rings (SSSR count). The van der Waals surface area contributed by atoms with Crippen molar-refractivity contribution in [3.8, 4) is 0 Å². The Hall–Kier alpha value is -1.39. The first-order valence-corrected chi connectivity index (χ1v) is 7.32. The number of hydrogen-bond donors (Lipinski definition) is 1. The van der Waals surface area contributed by atoms with E-state index in [1.165, 1.54) is 5.52 Å². The smallest absolute Gasteiger partial charge is 0.126 e. The van der Waals surface area contributed by atoms with Gasteiger partial charge in [-0.15, -0.1) is 0 Å². The number of ether oxygens (including phenoxy) is 1. The Kier molecular flexibility index (Phi) is 5.15. The lowest BCUT2D eigenvalue weighted by atomic mass is 10.2. The number of fused-ring (bicyclic) bond motifs is 1. The number of nitrogens with one attached hydrogen (secondary N) is 1. The number of hydrogen-bond acceptors (Lipinski definition) is 3. The number of imidazole rings is 1. The zero-order chi connectivity index (χ0) is 14.5. The molecule has 2 aromatic rings. The number of nitrogens with zero attached hydrogens (tertiary/aromatic N) is 2. The standard InChI is InChI=1S/C16H25N3O/c1-12(2)11-20-10-9-17-13(3)16-18-14-7-5-6-8-15(14)19(16)4/h5-8,12-13,17H,9-11H2,1-4H3. The van der Waals surface area contributed by atoms with Crippen molar-refractivity contribution in [2.24, 2.45) is 13.0 Å². The molecule has 0 saturated carbocycles. The van der Waals surface area contributed by atoms with Crippen molar-refractivity contribution >= 4 is 11.0 Å². The largest absolute Gasteiger partial charge is 0.380 e. The summed E-state index contributed by atoms with van der Waals surface area (Å²) in [7, 11) is 2.07. The molecule has 1 atom stereocenters. The summed E-state index contributed by atoms with van der Waals surface area (Å²) in [6.07, 6.45) is 0. The predicted molar refractivity (Wildman–Crippen MR) is 82.8 cm³/mol. The van der Waals surface area contributed by atoms with Crippen LogP contribution in [0.5, 0.6) is 0 Å². The van der Waals surface area contributed by atoms with E-state index in [0.717, 1.165) is 31.1 Å². The molecule has 4 heteroatoms. The second-order valence-electron chi connectivity index (χ2n) is 5.66. The van der Waals surface area contributed by atoms with Crippen molar-refractivity contribution in [3.63, 3.8) is 0 Å². The van der Waals surface area contributed by atoms with Gasteiger partial charge in [-0.3, -0.25) is 0 Å². The first-order chi connectivity index (χ1) is 9.59. The minimum atomic E-state index is 0.218. The van der Waals surface area contributed by atoms with Gasteiger partial charge in [0.25, 0.3) is 0 Å². The first-order valence-electron chi connectivity index (χ1n) is 7.32. The fourth-order valence-electron chi connectivity index (χ4n) is 2.31. The zero-order valence-corrected chi connectivity index (χ0v) is 12.9. The van der Waals surface area contributed by atoms with Crippen molar-refractivity contribution in [2.75, 3.05) is 19.8 Å². The molecule has 0 bridgehead atoms. The molecule has 20 heavy (non-hydrogen) atoms. The molecule has 1 heterocycles. The molecule has 0 aliphatic heterocycles. The number of benzene rings is 1. The lowest BCUT2D eigenvalue weighted by molar-refractivity contribution is 0.110. The number of rotatable bonds is 7. The van der Waals surface area contributed by atoms with Gasteiger partial charge in [0.1, 0.15) is 5.82 Å². The van der Waals surface area contributed by atoms with Crippen LogP contribution in [0.1, 0.15) is 32.6 Å². The summed E-state index contributed by atoms with van der Waals surface area (Å²) < 4.78 is 7.74. The third-order valence-electron chi connectivity index (χ3n) is 3.36. The number of aryl methyl sites for hydroxylation is 1. The summed E-state index contributed by atoms with van der Waals surface area (Å²) in [5.74, 6) is 1.65. The van der Waals surface area contributed by atoms with Crippen molar-refractivity contribution in [3.05, 3.63) is 30.1 Å². The Morgan fingerprint density at radius 1 is 1.25 bits per heavy atom. The quantitative estimate of drug-likeness (QED) is 0.790. The third kappa shape index (κ3) is 3.58. The normalized spacial score (nSPS) is 13.2. The molecular weight excluding hydrogens is 250 g/mol. The van der Waals surface area contributed by atoms with Crippen LogP contribution < -0.4 is 5.32 Å². The maximum atomic E-state index is 5.58. The summed E-state index contributed by atoms with van der Waals surface area (Å²) in [5.41, 5.74) is 2.22. The summed E-state index contributed by atoms with van der Waals surface area (Å²) >= 11 is 0. The Balaban J connectivity index is 1.91. The summed E-state index contributed by atoms with van der Waals surface area (Å²) in [5, 5.41) is 3.47. The van der Waals surface area contributed by atoms with E-state index in [1.54, 1.807) is 0 Å². The van der Waals surface area contributed by atoms with Crippen molar-refractivity contribution in [1.82, 2.24) is 14.9 Å². The van der Waals surface area contributed by atoms with E-state index >= 15 is 0 Å². The van der Waals surface area contributed by atoms with Gasteiger partial charge in [-0.2, -0.15) is 0 Å². The van der Waals surface area contributed by atoms with Gasteiger partial charge in [-0.25, -0.2) is 4.98 Å². The highest BCUT2D eigenvalue weighted by Gasteiger charge is 2.13. The summed E-state index contributed by atoms with van der Waals surface area (Å²) in [6, 6.07) is 8.44. The predicted octanol–water partition coefficient (Wildman–Crippen LogP) is 2.90.